The van der Waals surface area contributed by atoms with Gasteiger partial charge in [-0.15, -0.1) is 0 Å². The van der Waals surface area contributed by atoms with Gasteiger partial charge in [-0.25, -0.2) is 0 Å². The predicted molar refractivity (Wildman–Crippen MR) is 116 cm³/mol. The Bertz CT molecular complexity index is 877. The number of hydrogen-bond acceptors (Lipinski definition) is 4. The van der Waals surface area contributed by atoms with Crippen molar-refractivity contribution in [3.63, 3.8) is 0 Å². The van der Waals surface area contributed by atoms with Gasteiger partial charge in [0.15, 0.2) is 15.5 Å². The van der Waals surface area contributed by atoms with Crippen molar-refractivity contribution >= 4 is 50.8 Å². The average molecular weight is 464 g/mol. The van der Waals surface area contributed by atoms with E-state index in [2.05, 4.69) is 26.6 Å². The largest absolute Gasteiger partial charge is 0.444 e. The van der Waals surface area contributed by atoms with Gasteiger partial charge in [0.25, 0.3) is 11.8 Å². The van der Waals surface area contributed by atoms with E-state index < -0.39 is 5.91 Å². The highest BCUT2D eigenvalue weighted by Gasteiger charge is 2.24. The minimum atomic E-state index is -0.466. The molecular weight excluding hydrogens is 442 g/mol. The molecule has 0 unspecified atom stereocenters. The summed E-state index contributed by atoms with van der Waals surface area (Å²) in [6.45, 7) is 0. The molecule has 1 fully saturated rings. The van der Waals surface area contributed by atoms with E-state index in [0.717, 1.165) is 25.7 Å². The second-order valence-electron chi connectivity index (χ2n) is 6.77. The van der Waals surface area contributed by atoms with E-state index in [4.69, 9.17) is 16.6 Å². The first-order chi connectivity index (χ1) is 13.5. The SMILES string of the molecule is CN(C(=O)c1ccccc1NC(=S)NC(=O)c1ccc(Br)o1)C1CCCCC1. The monoisotopic (exact) mass is 463 g/mol. The summed E-state index contributed by atoms with van der Waals surface area (Å²) in [6, 6.07) is 10.6. The minimum absolute atomic E-state index is 0.0564. The first-order valence-electron chi connectivity index (χ1n) is 9.19. The second kappa shape index (κ2) is 9.34. The van der Waals surface area contributed by atoms with Crippen molar-refractivity contribution in [2.24, 2.45) is 0 Å². The number of benzene rings is 1. The Morgan fingerprint density at radius 3 is 2.54 bits per heavy atom. The lowest BCUT2D eigenvalue weighted by Gasteiger charge is -2.31. The molecule has 28 heavy (non-hydrogen) atoms. The van der Waals surface area contributed by atoms with Crippen molar-refractivity contribution in [3.05, 3.63) is 52.4 Å². The molecule has 3 rings (SSSR count). The maximum Gasteiger partial charge on any atom is 0.293 e. The number of anilines is 1. The van der Waals surface area contributed by atoms with Crippen molar-refractivity contribution < 1.29 is 14.0 Å². The number of thiocarbonyl (C=S) groups is 1. The number of halogens is 1. The van der Waals surface area contributed by atoms with E-state index in [-0.39, 0.29) is 22.8 Å². The zero-order chi connectivity index (χ0) is 20.1. The van der Waals surface area contributed by atoms with Crippen molar-refractivity contribution in [1.29, 1.82) is 0 Å². The molecule has 0 radical (unpaired) electrons. The lowest BCUT2D eigenvalue weighted by Crippen LogP contribution is -2.39. The third kappa shape index (κ3) is 4.99. The lowest BCUT2D eigenvalue weighted by atomic mass is 9.94. The lowest BCUT2D eigenvalue weighted by molar-refractivity contribution is 0.0697. The number of nitrogens with one attached hydrogen (secondary N) is 2. The molecule has 148 valence electrons. The number of nitrogens with zero attached hydrogens (tertiary/aromatic N) is 1. The van der Waals surface area contributed by atoms with Gasteiger partial charge in [0, 0.05) is 13.1 Å². The van der Waals surface area contributed by atoms with Gasteiger partial charge in [-0.05, 0) is 65.3 Å². The van der Waals surface area contributed by atoms with E-state index in [0.29, 0.717) is 15.9 Å². The Hall–Kier alpha value is -2.19. The normalized spacial score (nSPS) is 14.4. The molecule has 1 aromatic heterocycles. The van der Waals surface area contributed by atoms with Crippen molar-refractivity contribution in [1.82, 2.24) is 10.2 Å². The summed E-state index contributed by atoms with van der Waals surface area (Å²) >= 11 is 8.39. The summed E-state index contributed by atoms with van der Waals surface area (Å²) in [4.78, 5) is 27.0. The maximum absolute atomic E-state index is 13.0. The molecule has 8 heteroatoms. The fourth-order valence-electron chi connectivity index (χ4n) is 3.36. The van der Waals surface area contributed by atoms with Gasteiger partial charge in [-0.3, -0.25) is 14.9 Å². The van der Waals surface area contributed by atoms with Gasteiger partial charge < -0.3 is 14.6 Å². The van der Waals surface area contributed by atoms with Gasteiger partial charge in [0.1, 0.15) is 0 Å². The first-order valence-corrected chi connectivity index (χ1v) is 10.4. The van der Waals surface area contributed by atoms with Crippen LogP contribution < -0.4 is 10.6 Å². The number of carbonyl (C=O) groups excluding carboxylic acids is 2. The molecule has 1 aromatic carbocycles. The molecule has 0 aliphatic heterocycles. The molecule has 0 atom stereocenters. The van der Waals surface area contributed by atoms with Crippen LogP contribution in [0.1, 0.15) is 53.0 Å². The molecule has 2 N–H and O–H groups in total. The van der Waals surface area contributed by atoms with Gasteiger partial charge >= 0.3 is 0 Å². The van der Waals surface area contributed by atoms with Gasteiger partial charge in [0.05, 0.1) is 11.3 Å². The van der Waals surface area contributed by atoms with Crippen LogP contribution in [0, 0.1) is 0 Å². The Morgan fingerprint density at radius 1 is 1.14 bits per heavy atom. The van der Waals surface area contributed by atoms with Crippen molar-refractivity contribution in [2.75, 3.05) is 12.4 Å². The van der Waals surface area contributed by atoms with Crippen LogP contribution in [0.25, 0.3) is 0 Å². The number of furan rings is 1. The van der Waals surface area contributed by atoms with Gasteiger partial charge in [-0.1, -0.05) is 31.4 Å². The van der Waals surface area contributed by atoms with Crippen LogP contribution in [-0.2, 0) is 0 Å². The molecule has 1 aliphatic rings. The summed E-state index contributed by atoms with van der Waals surface area (Å²) in [7, 11) is 1.85. The van der Waals surface area contributed by atoms with Crippen LogP contribution >= 0.6 is 28.1 Å². The minimum Gasteiger partial charge on any atom is -0.444 e. The molecule has 6 nitrogen and oxygen atoms in total. The maximum atomic E-state index is 13.0. The summed E-state index contributed by atoms with van der Waals surface area (Å²) < 4.78 is 5.67. The summed E-state index contributed by atoms with van der Waals surface area (Å²) in [6.07, 6.45) is 5.61. The molecule has 1 heterocycles. The fourth-order valence-corrected chi connectivity index (χ4v) is 3.87. The van der Waals surface area contributed by atoms with Gasteiger partial charge in [0.2, 0.25) is 0 Å². The fraction of sp³-hybridized carbons (Fsp3) is 0.350. The summed E-state index contributed by atoms with van der Waals surface area (Å²) in [5.74, 6) is -0.386. The van der Waals surface area contributed by atoms with Crippen LogP contribution in [0.2, 0.25) is 0 Å². The van der Waals surface area contributed by atoms with Crippen LogP contribution in [0.5, 0.6) is 0 Å². The highest BCUT2D eigenvalue weighted by molar-refractivity contribution is 9.10. The quantitative estimate of drug-likeness (QED) is 0.649. The van der Waals surface area contributed by atoms with E-state index in [1.54, 1.807) is 24.3 Å². The van der Waals surface area contributed by atoms with Crippen LogP contribution in [0.4, 0.5) is 5.69 Å². The molecule has 2 aromatic rings. The van der Waals surface area contributed by atoms with Crippen molar-refractivity contribution in [2.45, 2.75) is 38.1 Å². The highest BCUT2D eigenvalue weighted by Crippen LogP contribution is 2.25. The Kier molecular flexibility index (Phi) is 6.85. The smallest absolute Gasteiger partial charge is 0.293 e. The van der Waals surface area contributed by atoms with Crippen LogP contribution in [0.3, 0.4) is 0 Å². The second-order valence-corrected chi connectivity index (χ2v) is 7.96. The zero-order valence-corrected chi connectivity index (χ0v) is 17.9. The number of hydrogen-bond donors (Lipinski definition) is 2. The molecule has 1 aliphatic carbocycles. The van der Waals surface area contributed by atoms with Crippen LogP contribution in [0.15, 0.2) is 45.5 Å². The summed E-state index contributed by atoms with van der Waals surface area (Å²) in [5.41, 5.74) is 1.08. The molecule has 1 saturated carbocycles. The van der Waals surface area contributed by atoms with E-state index >= 15 is 0 Å². The van der Waals surface area contributed by atoms with Crippen molar-refractivity contribution in [3.8, 4) is 0 Å². The Morgan fingerprint density at radius 2 is 1.86 bits per heavy atom. The third-order valence-corrected chi connectivity index (χ3v) is 5.50. The first kappa shape index (κ1) is 20.5. The predicted octanol–water partition coefficient (Wildman–Crippen LogP) is 4.57. The molecule has 0 spiro atoms. The topological polar surface area (TPSA) is 74.6 Å². The third-order valence-electron chi connectivity index (χ3n) is 4.87. The Balaban J connectivity index is 1.68. The highest BCUT2D eigenvalue weighted by atomic mass is 79.9. The van der Waals surface area contributed by atoms with E-state index in [1.807, 2.05) is 24.1 Å². The number of carbonyl (C=O) groups is 2. The number of amides is 2. The molecule has 0 saturated heterocycles. The summed E-state index contributed by atoms with van der Waals surface area (Å²) in [5, 5.41) is 5.61. The van der Waals surface area contributed by atoms with E-state index in [1.165, 1.54) is 6.42 Å². The zero-order valence-electron chi connectivity index (χ0n) is 15.5. The Labute approximate surface area is 177 Å². The molecule has 2 amide bonds. The average Bonchev–Trinajstić information content (AvgIpc) is 3.14. The number of rotatable bonds is 4. The number of para-hydroxylation sites is 1. The van der Waals surface area contributed by atoms with Gasteiger partial charge in [-0.2, -0.15) is 0 Å². The van der Waals surface area contributed by atoms with Crippen LogP contribution in [-0.4, -0.2) is 34.9 Å². The molecular formula is C20H22BrN3O3S. The standard InChI is InChI=1S/C20H22BrN3O3S/c1-24(13-7-3-2-4-8-13)19(26)14-9-5-6-10-15(14)22-20(28)23-18(25)16-11-12-17(21)27-16/h5-6,9-13H,2-4,7-8H2,1H3,(H2,22,23,25,28). The molecule has 0 bridgehead atoms. The van der Waals surface area contributed by atoms with E-state index in [9.17, 15) is 9.59 Å².